The Morgan fingerprint density at radius 3 is 2.86 bits per heavy atom. The van der Waals surface area contributed by atoms with Crippen LogP contribution >= 0.6 is 0 Å². The van der Waals surface area contributed by atoms with Gasteiger partial charge in [0, 0.05) is 6.54 Å². The number of rotatable bonds is 4. The number of guanidine groups is 1. The van der Waals surface area contributed by atoms with Crippen molar-refractivity contribution in [2.24, 2.45) is 10.7 Å². The van der Waals surface area contributed by atoms with E-state index in [4.69, 9.17) is 10.5 Å². The lowest BCUT2D eigenvalue weighted by molar-refractivity contribution is -0.137. The third-order valence-electron chi connectivity index (χ3n) is 3.24. The van der Waals surface area contributed by atoms with Crippen LogP contribution in [0.1, 0.15) is 17.5 Å². The number of alkyl halides is 3. The van der Waals surface area contributed by atoms with Crippen molar-refractivity contribution in [3.63, 3.8) is 0 Å². The van der Waals surface area contributed by atoms with E-state index in [2.05, 4.69) is 10.3 Å². The van der Waals surface area contributed by atoms with Crippen LogP contribution in [0.5, 0.6) is 0 Å². The van der Waals surface area contributed by atoms with Crippen LogP contribution in [0.15, 0.2) is 40.9 Å². The van der Waals surface area contributed by atoms with Crippen molar-refractivity contribution >= 4 is 5.96 Å². The molecular weight excluding hydrogens is 295 g/mol. The molecule has 0 spiro atoms. The molecule has 1 heterocycles. The molecule has 0 atom stereocenters. The highest BCUT2D eigenvalue weighted by molar-refractivity contribution is 5.78. The van der Waals surface area contributed by atoms with E-state index in [-0.39, 0.29) is 12.5 Å². The van der Waals surface area contributed by atoms with Gasteiger partial charge in [0.25, 0.3) is 0 Å². The molecule has 2 rings (SSSR count). The summed E-state index contributed by atoms with van der Waals surface area (Å²) in [6, 6.07) is 5.07. The van der Waals surface area contributed by atoms with E-state index in [1.165, 1.54) is 11.6 Å². The van der Waals surface area contributed by atoms with E-state index in [1.807, 2.05) is 6.08 Å². The standard InChI is InChI=1S/C15H18F3N3O/c16-15(17,18)13-3-1-2-12(8-13)10-21-14(19)20-9-11-4-6-22-7-5-11/h1-4,8H,5-7,9-10H2,(H3,19,20,21). The molecule has 22 heavy (non-hydrogen) atoms. The Morgan fingerprint density at radius 2 is 2.18 bits per heavy atom. The minimum atomic E-state index is -4.35. The topological polar surface area (TPSA) is 59.6 Å². The Balaban J connectivity index is 1.89. The van der Waals surface area contributed by atoms with Gasteiger partial charge in [0.15, 0.2) is 5.96 Å². The zero-order valence-corrected chi connectivity index (χ0v) is 12.0. The lowest BCUT2D eigenvalue weighted by Gasteiger charge is -2.14. The van der Waals surface area contributed by atoms with Crippen LogP contribution in [0.25, 0.3) is 0 Å². The molecule has 1 aromatic rings. The molecule has 0 unspecified atom stereocenters. The van der Waals surface area contributed by atoms with Crippen molar-refractivity contribution in [3.8, 4) is 0 Å². The summed E-state index contributed by atoms with van der Waals surface area (Å²) in [5.41, 5.74) is 6.69. The van der Waals surface area contributed by atoms with E-state index in [9.17, 15) is 13.2 Å². The van der Waals surface area contributed by atoms with Gasteiger partial charge in [-0.25, -0.2) is 4.99 Å². The molecule has 120 valence electrons. The van der Waals surface area contributed by atoms with E-state index < -0.39 is 11.7 Å². The molecule has 0 radical (unpaired) electrons. The number of nitrogens with zero attached hydrogens (tertiary/aromatic N) is 1. The van der Waals surface area contributed by atoms with Crippen LogP contribution in [0.3, 0.4) is 0 Å². The van der Waals surface area contributed by atoms with E-state index >= 15 is 0 Å². The Morgan fingerprint density at radius 1 is 1.36 bits per heavy atom. The van der Waals surface area contributed by atoms with Gasteiger partial charge in [0.05, 0.1) is 25.3 Å². The zero-order valence-electron chi connectivity index (χ0n) is 12.0. The molecule has 0 saturated heterocycles. The van der Waals surface area contributed by atoms with Gasteiger partial charge in [-0.3, -0.25) is 0 Å². The predicted octanol–water partition coefficient (Wildman–Crippen LogP) is 2.46. The Bertz CT molecular complexity index is 567. The number of nitrogens with two attached hydrogens (primary N) is 1. The van der Waals surface area contributed by atoms with E-state index in [0.717, 1.165) is 18.6 Å². The number of ether oxygens (including phenoxy) is 1. The molecule has 0 aromatic heterocycles. The molecule has 1 aliphatic rings. The highest BCUT2D eigenvalue weighted by Crippen LogP contribution is 2.29. The van der Waals surface area contributed by atoms with Crippen LogP contribution in [0.2, 0.25) is 0 Å². The molecule has 1 aliphatic heterocycles. The first kappa shape index (κ1) is 16.4. The molecule has 0 fully saturated rings. The fourth-order valence-corrected chi connectivity index (χ4v) is 2.01. The molecule has 1 aromatic carbocycles. The first-order valence-corrected chi connectivity index (χ1v) is 6.91. The number of benzene rings is 1. The number of nitrogens with one attached hydrogen (secondary N) is 1. The SMILES string of the molecule is NC(=NCc1cccc(C(F)(F)F)c1)NCC1=CCOCC1. The molecule has 7 heteroatoms. The second kappa shape index (κ2) is 7.31. The third-order valence-corrected chi connectivity index (χ3v) is 3.24. The number of hydrogen-bond donors (Lipinski definition) is 2. The smallest absolute Gasteiger partial charge is 0.377 e. The van der Waals surface area contributed by atoms with Gasteiger partial charge >= 0.3 is 6.18 Å². The Hall–Kier alpha value is -2.02. The lowest BCUT2D eigenvalue weighted by Crippen LogP contribution is -2.33. The van der Waals surface area contributed by atoms with E-state index in [1.54, 1.807) is 6.07 Å². The number of aliphatic imine (C=N–C) groups is 1. The van der Waals surface area contributed by atoms with Crippen molar-refractivity contribution in [2.75, 3.05) is 19.8 Å². The average molecular weight is 313 g/mol. The maximum absolute atomic E-state index is 12.6. The highest BCUT2D eigenvalue weighted by Gasteiger charge is 2.30. The van der Waals surface area contributed by atoms with Crippen LogP contribution in [-0.2, 0) is 17.5 Å². The van der Waals surface area contributed by atoms with Crippen molar-refractivity contribution in [3.05, 3.63) is 47.0 Å². The zero-order chi connectivity index (χ0) is 16.0. The summed E-state index contributed by atoms with van der Waals surface area (Å²) < 4.78 is 43.0. The maximum atomic E-state index is 12.6. The first-order chi connectivity index (χ1) is 10.4. The van der Waals surface area contributed by atoms with Crippen LogP contribution in [0.4, 0.5) is 13.2 Å². The lowest BCUT2D eigenvalue weighted by atomic mass is 10.1. The third kappa shape index (κ3) is 5.07. The van der Waals surface area contributed by atoms with Crippen LogP contribution in [-0.4, -0.2) is 25.7 Å². The minimum Gasteiger partial charge on any atom is -0.377 e. The molecule has 0 bridgehead atoms. The number of halogens is 3. The summed E-state index contributed by atoms with van der Waals surface area (Å²) in [6.45, 7) is 1.96. The first-order valence-electron chi connectivity index (χ1n) is 6.91. The number of hydrogen-bond acceptors (Lipinski definition) is 2. The molecule has 3 N–H and O–H groups in total. The quantitative estimate of drug-likeness (QED) is 0.510. The summed E-state index contributed by atoms with van der Waals surface area (Å²) in [5.74, 6) is 0.213. The molecule has 0 aliphatic carbocycles. The van der Waals surface area contributed by atoms with Gasteiger partial charge in [-0.15, -0.1) is 0 Å². The summed E-state index contributed by atoms with van der Waals surface area (Å²) >= 11 is 0. The molecular formula is C15H18F3N3O. The van der Waals surface area contributed by atoms with Crippen molar-refractivity contribution in [2.45, 2.75) is 19.1 Å². The van der Waals surface area contributed by atoms with Crippen molar-refractivity contribution in [1.82, 2.24) is 5.32 Å². The summed E-state index contributed by atoms with van der Waals surface area (Å²) in [5, 5.41) is 2.95. The van der Waals surface area contributed by atoms with Gasteiger partial charge in [0.2, 0.25) is 0 Å². The minimum absolute atomic E-state index is 0.102. The van der Waals surface area contributed by atoms with Gasteiger partial charge in [-0.1, -0.05) is 23.8 Å². The molecule has 4 nitrogen and oxygen atoms in total. The van der Waals surface area contributed by atoms with Gasteiger partial charge < -0.3 is 15.8 Å². The second-order valence-electron chi connectivity index (χ2n) is 4.94. The van der Waals surface area contributed by atoms with Gasteiger partial charge in [0.1, 0.15) is 0 Å². The average Bonchev–Trinajstić information content (AvgIpc) is 2.51. The predicted molar refractivity (Wildman–Crippen MR) is 78.3 cm³/mol. The summed E-state index contributed by atoms with van der Waals surface area (Å²) in [4.78, 5) is 4.06. The monoisotopic (exact) mass is 313 g/mol. The van der Waals surface area contributed by atoms with Crippen molar-refractivity contribution < 1.29 is 17.9 Å². The summed E-state index contributed by atoms with van der Waals surface area (Å²) in [7, 11) is 0. The van der Waals surface area contributed by atoms with Crippen molar-refractivity contribution in [1.29, 1.82) is 0 Å². The fourth-order valence-electron chi connectivity index (χ4n) is 2.01. The van der Waals surface area contributed by atoms with Crippen LogP contribution in [0, 0.1) is 0 Å². The second-order valence-corrected chi connectivity index (χ2v) is 4.94. The Labute approximate surface area is 126 Å². The highest BCUT2D eigenvalue weighted by atomic mass is 19.4. The normalized spacial score (nSPS) is 16.3. The summed E-state index contributed by atoms with van der Waals surface area (Å²) in [6.07, 6.45) is -1.52. The maximum Gasteiger partial charge on any atom is 0.416 e. The molecule has 0 amide bonds. The van der Waals surface area contributed by atoms with Gasteiger partial charge in [-0.2, -0.15) is 13.2 Å². The Kier molecular flexibility index (Phi) is 5.43. The molecule has 0 saturated carbocycles. The van der Waals surface area contributed by atoms with Crippen LogP contribution < -0.4 is 11.1 Å². The largest absolute Gasteiger partial charge is 0.416 e. The van der Waals surface area contributed by atoms with Gasteiger partial charge in [-0.05, 0) is 24.1 Å². The van der Waals surface area contributed by atoms with E-state index in [0.29, 0.717) is 25.3 Å². The fraction of sp³-hybridized carbons (Fsp3) is 0.400.